The van der Waals surface area contributed by atoms with Crippen molar-refractivity contribution in [3.63, 3.8) is 0 Å². The zero-order valence-corrected chi connectivity index (χ0v) is 19.4. The average molecular weight is 489 g/mol. The van der Waals surface area contributed by atoms with Crippen molar-refractivity contribution in [2.24, 2.45) is 10.9 Å². The SMILES string of the molecule is CCc1ccc(CN(C)C(=NC)NCCCOCC2CCOCC2)cc1.I. The van der Waals surface area contributed by atoms with Gasteiger partial charge in [-0.15, -0.1) is 24.0 Å². The molecule has 1 aromatic carbocycles. The highest BCUT2D eigenvalue weighted by Crippen LogP contribution is 2.14. The summed E-state index contributed by atoms with van der Waals surface area (Å²) in [7, 11) is 3.91. The Hall–Kier alpha value is -0.860. The molecule has 0 aromatic heterocycles. The van der Waals surface area contributed by atoms with Crippen molar-refractivity contribution in [1.82, 2.24) is 10.2 Å². The van der Waals surface area contributed by atoms with E-state index in [1.165, 1.54) is 11.1 Å². The van der Waals surface area contributed by atoms with Gasteiger partial charge in [-0.05, 0) is 42.7 Å². The smallest absolute Gasteiger partial charge is 0.193 e. The Morgan fingerprint density at radius 1 is 1.22 bits per heavy atom. The number of nitrogens with zero attached hydrogens (tertiary/aromatic N) is 2. The van der Waals surface area contributed by atoms with Crippen LogP contribution in [-0.4, -0.2) is 57.9 Å². The van der Waals surface area contributed by atoms with E-state index in [4.69, 9.17) is 9.47 Å². The molecule has 27 heavy (non-hydrogen) atoms. The summed E-state index contributed by atoms with van der Waals surface area (Å²) in [6.45, 7) is 7.35. The van der Waals surface area contributed by atoms with Gasteiger partial charge in [-0.2, -0.15) is 0 Å². The average Bonchev–Trinajstić information content (AvgIpc) is 2.68. The number of hydrogen-bond acceptors (Lipinski definition) is 3. The number of aliphatic imine (C=N–C) groups is 1. The number of guanidine groups is 1. The number of hydrogen-bond donors (Lipinski definition) is 1. The highest BCUT2D eigenvalue weighted by Gasteiger charge is 2.13. The van der Waals surface area contributed by atoms with Gasteiger partial charge in [0.15, 0.2) is 5.96 Å². The van der Waals surface area contributed by atoms with Gasteiger partial charge < -0.3 is 19.7 Å². The molecule has 1 fully saturated rings. The van der Waals surface area contributed by atoms with Crippen LogP contribution in [-0.2, 0) is 22.4 Å². The summed E-state index contributed by atoms with van der Waals surface area (Å²) in [5.74, 6) is 1.60. The first-order valence-corrected chi connectivity index (χ1v) is 9.88. The van der Waals surface area contributed by atoms with Gasteiger partial charge >= 0.3 is 0 Å². The highest BCUT2D eigenvalue weighted by atomic mass is 127. The minimum atomic E-state index is 0. The van der Waals surface area contributed by atoms with Gasteiger partial charge in [0.1, 0.15) is 0 Å². The summed E-state index contributed by atoms with van der Waals surface area (Å²) in [6, 6.07) is 8.81. The zero-order chi connectivity index (χ0) is 18.6. The third kappa shape index (κ3) is 9.25. The van der Waals surface area contributed by atoms with Gasteiger partial charge in [0.05, 0.1) is 0 Å². The Morgan fingerprint density at radius 3 is 2.52 bits per heavy atom. The van der Waals surface area contributed by atoms with E-state index in [1.807, 2.05) is 7.05 Å². The van der Waals surface area contributed by atoms with E-state index < -0.39 is 0 Å². The monoisotopic (exact) mass is 489 g/mol. The molecule has 0 spiro atoms. The topological polar surface area (TPSA) is 46.1 Å². The molecule has 1 heterocycles. The summed E-state index contributed by atoms with van der Waals surface area (Å²) in [5, 5.41) is 3.43. The number of rotatable bonds is 9. The first-order valence-electron chi connectivity index (χ1n) is 9.88. The molecule has 0 aliphatic carbocycles. The molecule has 0 amide bonds. The van der Waals surface area contributed by atoms with Crippen LogP contribution in [0.25, 0.3) is 0 Å². The lowest BCUT2D eigenvalue weighted by molar-refractivity contribution is 0.0203. The standard InChI is InChI=1S/C21H35N3O2.HI/c1-4-18-6-8-19(9-7-18)16-24(3)21(22-2)23-12-5-13-26-17-20-10-14-25-15-11-20;/h6-9,20H,4-5,10-17H2,1-3H3,(H,22,23);1H. The third-order valence-electron chi connectivity index (χ3n) is 4.87. The van der Waals surface area contributed by atoms with E-state index in [-0.39, 0.29) is 24.0 Å². The van der Waals surface area contributed by atoms with Crippen molar-refractivity contribution < 1.29 is 9.47 Å². The van der Waals surface area contributed by atoms with Gasteiger partial charge in [0, 0.05) is 53.6 Å². The van der Waals surface area contributed by atoms with Crippen LogP contribution in [0.3, 0.4) is 0 Å². The van der Waals surface area contributed by atoms with E-state index in [2.05, 4.69) is 53.4 Å². The van der Waals surface area contributed by atoms with Crippen molar-refractivity contribution >= 4 is 29.9 Å². The molecular formula is C21H36IN3O2. The second kappa shape index (κ2) is 14.2. The van der Waals surface area contributed by atoms with Crippen LogP contribution in [0.1, 0.15) is 37.3 Å². The summed E-state index contributed by atoms with van der Waals surface area (Å²) >= 11 is 0. The molecule has 1 aliphatic heterocycles. The second-order valence-corrected chi connectivity index (χ2v) is 6.98. The van der Waals surface area contributed by atoms with E-state index in [1.54, 1.807) is 0 Å². The molecule has 5 nitrogen and oxygen atoms in total. The second-order valence-electron chi connectivity index (χ2n) is 6.98. The molecule has 6 heteroatoms. The lowest BCUT2D eigenvalue weighted by Gasteiger charge is -2.23. The minimum Gasteiger partial charge on any atom is -0.381 e. The number of benzene rings is 1. The molecule has 1 aliphatic rings. The Morgan fingerprint density at radius 2 is 1.89 bits per heavy atom. The number of ether oxygens (including phenoxy) is 2. The fourth-order valence-electron chi connectivity index (χ4n) is 3.15. The first-order chi connectivity index (χ1) is 12.7. The largest absolute Gasteiger partial charge is 0.381 e. The van der Waals surface area contributed by atoms with Crippen LogP contribution in [0.4, 0.5) is 0 Å². The number of aryl methyl sites for hydroxylation is 1. The van der Waals surface area contributed by atoms with Gasteiger partial charge in [0.25, 0.3) is 0 Å². The third-order valence-corrected chi connectivity index (χ3v) is 4.87. The van der Waals surface area contributed by atoms with Gasteiger partial charge in [-0.25, -0.2) is 0 Å². The van der Waals surface area contributed by atoms with Crippen molar-refractivity contribution in [2.75, 3.05) is 47.1 Å². The maximum absolute atomic E-state index is 5.82. The lowest BCUT2D eigenvalue weighted by Crippen LogP contribution is -2.39. The van der Waals surface area contributed by atoms with Crippen molar-refractivity contribution in [1.29, 1.82) is 0 Å². The summed E-state index contributed by atoms with van der Waals surface area (Å²) in [6.07, 6.45) is 4.33. The minimum absolute atomic E-state index is 0. The molecule has 0 atom stereocenters. The summed E-state index contributed by atoms with van der Waals surface area (Å²) in [5.41, 5.74) is 2.67. The Bertz CT molecular complexity index is 531. The molecule has 0 radical (unpaired) electrons. The Balaban J connectivity index is 0.00000364. The molecule has 0 bridgehead atoms. The molecule has 0 saturated carbocycles. The van der Waals surface area contributed by atoms with Gasteiger partial charge in [-0.1, -0.05) is 31.2 Å². The maximum atomic E-state index is 5.82. The maximum Gasteiger partial charge on any atom is 0.193 e. The molecule has 0 unspecified atom stereocenters. The van der Waals surface area contributed by atoms with Crippen molar-refractivity contribution in [3.05, 3.63) is 35.4 Å². The zero-order valence-electron chi connectivity index (χ0n) is 17.1. The fourth-order valence-corrected chi connectivity index (χ4v) is 3.15. The Kier molecular flexibility index (Phi) is 12.7. The van der Waals surface area contributed by atoms with Crippen LogP contribution < -0.4 is 5.32 Å². The molecule has 1 N–H and O–H groups in total. The molecule has 1 aromatic rings. The first kappa shape index (κ1) is 24.2. The predicted molar refractivity (Wildman–Crippen MR) is 123 cm³/mol. The fraction of sp³-hybridized carbons (Fsp3) is 0.667. The highest BCUT2D eigenvalue weighted by molar-refractivity contribution is 14.0. The molecule has 154 valence electrons. The molecular weight excluding hydrogens is 453 g/mol. The number of nitrogens with one attached hydrogen (secondary N) is 1. The van der Waals surface area contributed by atoms with E-state index in [0.717, 1.165) is 71.2 Å². The van der Waals surface area contributed by atoms with Crippen LogP contribution >= 0.6 is 24.0 Å². The summed E-state index contributed by atoms with van der Waals surface area (Å²) in [4.78, 5) is 6.54. The molecule has 2 rings (SSSR count). The number of halogens is 1. The van der Waals surface area contributed by atoms with Crippen LogP contribution in [0, 0.1) is 5.92 Å². The van der Waals surface area contributed by atoms with E-state index in [0.29, 0.717) is 5.92 Å². The van der Waals surface area contributed by atoms with Crippen LogP contribution in [0.15, 0.2) is 29.3 Å². The van der Waals surface area contributed by atoms with Crippen molar-refractivity contribution in [2.45, 2.75) is 39.2 Å². The van der Waals surface area contributed by atoms with Gasteiger partial charge in [-0.3, -0.25) is 4.99 Å². The van der Waals surface area contributed by atoms with Crippen molar-refractivity contribution in [3.8, 4) is 0 Å². The lowest BCUT2D eigenvalue weighted by atomic mass is 10.0. The quantitative estimate of drug-likeness (QED) is 0.249. The molecule has 1 saturated heterocycles. The predicted octanol–water partition coefficient (Wildman–Crippen LogP) is 3.71. The Labute approximate surface area is 181 Å². The normalized spacial score (nSPS) is 15.3. The van der Waals surface area contributed by atoms with Crippen LogP contribution in [0.2, 0.25) is 0 Å². The van der Waals surface area contributed by atoms with Crippen LogP contribution in [0.5, 0.6) is 0 Å². The summed E-state index contributed by atoms with van der Waals surface area (Å²) < 4.78 is 11.2. The van der Waals surface area contributed by atoms with Gasteiger partial charge in [0.2, 0.25) is 0 Å². The van der Waals surface area contributed by atoms with E-state index >= 15 is 0 Å². The van der Waals surface area contributed by atoms with E-state index in [9.17, 15) is 0 Å².